The molecule has 14 heteroatoms. The van der Waals surface area contributed by atoms with Gasteiger partial charge in [0.1, 0.15) is 11.4 Å². The van der Waals surface area contributed by atoms with Crippen LogP contribution in [0.25, 0.3) is 0 Å². The molecule has 0 amide bonds. The van der Waals surface area contributed by atoms with Crippen LogP contribution < -0.4 is 9.74 Å². The Morgan fingerprint density at radius 2 is 1.63 bits per heavy atom. The van der Waals surface area contributed by atoms with Gasteiger partial charge in [0.2, 0.25) is 0 Å². The van der Waals surface area contributed by atoms with Crippen molar-refractivity contribution in [1.82, 2.24) is 19.6 Å². The number of rotatable bonds is 4. The molecule has 2 rings (SSSR count). The summed E-state index contributed by atoms with van der Waals surface area (Å²) in [6.07, 6.45) is 0. The number of carbonyl (C=O) groups is 2. The van der Waals surface area contributed by atoms with E-state index in [1.165, 1.54) is 24.7 Å². The van der Waals surface area contributed by atoms with Gasteiger partial charge < -0.3 is 4.18 Å². The number of aromatic nitrogens is 4. The third-order valence-electron chi connectivity index (χ3n) is 2.96. The molecule has 0 fully saturated rings. The molecule has 2 aromatic rings. The molecule has 2 aromatic heterocycles. The lowest BCUT2D eigenvalue weighted by atomic mass is 10.3. The molecule has 0 aliphatic heterocycles. The van der Waals surface area contributed by atoms with Crippen LogP contribution in [-0.2, 0) is 24.2 Å². The average molecular weight is 412 g/mol. The molecular formula is C13H15F3N4O6S. The summed E-state index contributed by atoms with van der Waals surface area (Å²) >= 11 is 0. The first-order chi connectivity index (χ1) is 12.2. The van der Waals surface area contributed by atoms with E-state index in [4.69, 9.17) is 0 Å². The summed E-state index contributed by atoms with van der Waals surface area (Å²) in [6.45, 7) is 2.57. The van der Waals surface area contributed by atoms with Crippen LogP contribution in [-0.4, -0.2) is 45.1 Å². The Kier molecular flexibility index (Phi) is 6.37. The number of aromatic amines is 1. The quantitative estimate of drug-likeness (QED) is 0.445. The maximum Gasteiger partial charge on any atom is 0.534 e. The molecule has 0 aliphatic rings. The third-order valence-corrected chi connectivity index (χ3v) is 3.92. The van der Waals surface area contributed by atoms with Crippen molar-refractivity contribution >= 4 is 21.7 Å². The molecule has 0 radical (unpaired) electrons. The Morgan fingerprint density at radius 3 is 1.93 bits per heavy atom. The maximum atomic E-state index is 12.0. The molecule has 0 aliphatic carbocycles. The van der Waals surface area contributed by atoms with E-state index in [0.717, 1.165) is 17.7 Å². The molecule has 1 N–H and O–H groups in total. The number of nitrogens with one attached hydrogen (secondary N) is 1. The number of nitrogens with zero attached hydrogens (tertiary/aromatic N) is 3. The summed E-state index contributed by atoms with van der Waals surface area (Å²) in [5.41, 5.74) is -5.45. The van der Waals surface area contributed by atoms with Gasteiger partial charge in [0.15, 0.2) is 11.6 Å². The van der Waals surface area contributed by atoms with E-state index in [0.29, 0.717) is 5.69 Å². The van der Waals surface area contributed by atoms with Gasteiger partial charge in [-0.2, -0.15) is 21.6 Å². The predicted octanol–water partition coefficient (Wildman–Crippen LogP) is 0.767. The SMILES string of the molecule is CC(=O)c1cc(=O)[nH]n1C.CC(=O)c1cc(OS(=O)(=O)C(F)(F)F)nn1C. The smallest absolute Gasteiger partial charge is 0.354 e. The van der Waals surface area contributed by atoms with Crippen LogP contribution in [0.15, 0.2) is 16.9 Å². The van der Waals surface area contributed by atoms with Crippen LogP contribution in [0.1, 0.15) is 34.8 Å². The molecule has 0 aromatic carbocycles. The number of hydrogen-bond donors (Lipinski definition) is 1. The highest BCUT2D eigenvalue weighted by atomic mass is 32.2. The molecule has 0 saturated heterocycles. The summed E-state index contributed by atoms with van der Waals surface area (Å²) in [5, 5.41) is 5.75. The summed E-state index contributed by atoms with van der Waals surface area (Å²) in [7, 11) is -2.88. The van der Waals surface area contributed by atoms with E-state index in [2.05, 4.69) is 14.4 Å². The van der Waals surface area contributed by atoms with Gasteiger partial charge in [-0.25, -0.2) is 0 Å². The number of aryl methyl sites for hydroxylation is 2. The van der Waals surface area contributed by atoms with Gasteiger partial charge in [-0.05, 0) is 0 Å². The minimum atomic E-state index is -5.77. The minimum absolute atomic E-state index is 0.0719. The van der Waals surface area contributed by atoms with Crippen molar-refractivity contribution < 1.29 is 35.4 Å². The summed E-state index contributed by atoms with van der Waals surface area (Å²) < 4.78 is 63.2. The summed E-state index contributed by atoms with van der Waals surface area (Å²) in [6, 6.07) is 2.09. The van der Waals surface area contributed by atoms with Crippen molar-refractivity contribution in [2.75, 3.05) is 0 Å². The fraction of sp³-hybridized carbons (Fsp3) is 0.385. The second kappa shape index (κ2) is 7.77. The van der Waals surface area contributed by atoms with Crippen molar-refractivity contribution in [2.45, 2.75) is 19.4 Å². The van der Waals surface area contributed by atoms with E-state index in [1.807, 2.05) is 0 Å². The first-order valence-electron chi connectivity index (χ1n) is 6.98. The van der Waals surface area contributed by atoms with Gasteiger partial charge in [0.25, 0.3) is 11.4 Å². The second-order valence-corrected chi connectivity index (χ2v) is 6.69. The highest BCUT2D eigenvalue weighted by molar-refractivity contribution is 7.87. The van der Waals surface area contributed by atoms with E-state index in [1.54, 1.807) is 7.05 Å². The zero-order chi connectivity index (χ0) is 21.2. The van der Waals surface area contributed by atoms with Crippen molar-refractivity contribution in [2.24, 2.45) is 14.1 Å². The topological polar surface area (TPSA) is 133 Å². The zero-order valence-corrected chi connectivity index (χ0v) is 15.3. The van der Waals surface area contributed by atoms with Crippen molar-refractivity contribution in [3.05, 3.63) is 33.9 Å². The lowest BCUT2D eigenvalue weighted by Gasteiger charge is -2.06. The van der Waals surface area contributed by atoms with Crippen LogP contribution >= 0.6 is 0 Å². The molecule has 0 bridgehead atoms. The fourth-order valence-electron chi connectivity index (χ4n) is 1.79. The van der Waals surface area contributed by atoms with Crippen LogP contribution in [0.4, 0.5) is 13.2 Å². The van der Waals surface area contributed by atoms with Crippen molar-refractivity contribution in [1.29, 1.82) is 0 Å². The van der Waals surface area contributed by atoms with Crippen molar-refractivity contribution in [3.8, 4) is 5.88 Å². The third kappa shape index (κ3) is 5.54. The molecule has 0 atom stereocenters. The Labute approximate surface area is 150 Å². The number of hydrogen-bond acceptors (Lipinski definition) is 7. The lowest BCUT2D eigenvalue weighted by molar-refractivity contribution is -0.0501. The van der Waals surface area contributed by atoms with Crippen LogP contribution in [0.2, 0.25) is 0 Å². The summed E-state index contributed by atoms with van der Waals surface area (Å²) in [5.74, 6) is -1.41. The predicted molar refractivity (Wildman–Crippen MR) is 84.9 cm³/mol. The van der Waals surface area contributed by atoms with E-state index in [-0.39, 0.29) is 17.0 Å². The van der Waals surface area contributed by atoms with E-state index >= 15 is 0 Å². The standard InChI is InChI=1S/C7H7F3N2O4S.C6H8N2O2/c1-4(13)5-3-6(11-12(5)2)16-17(14,15)7(8,9)10;1-4(9)5-3-6(10)7-8(5)2/h3H,1-2H3;3H,1-2H3,(H,7,10). The largest absolute Gasteiger partial charge is 0.534 e. The normalized spacial score (nSPS) is 11.5. The number of halogens is 3. The number of Topliss-reactive ketones (excluding diaryl/α,β-unsaturated/α-hetero) is 2. The second-order valence-electron chi connectivity index (χ2n) is 5.15. The first-order valence-corrected chi connectivity index (χ1v) is 8.39. The van der Waals surface area contributed by atoms with Crippen LogP contribution in [0, 0.1) is 0 Å². The fourth-order valence-corrected chi connectivity index (χ4v) is 2.19. The first kappa shape index (κ1) is 22.1. The van der Waals surface area contributed by atoms with Gasteiger partial charge in [-0.15, -0.1) is 5.10 Å². The highest BCUT2D eigenvalue weighted by Gasteiger charge is 2.49. The maximum absolute atomic E-state index is 12.0. The Morgan fingerprint density at radius 1 is 1.11 bits per heavy atom. The number of H-pyrrole nitrogens is 1. The molecule has 10 nitrogen and oxygen atoms in total. The molecule has 2 heterocycles. The van der Waals surface area contributed by atoms with Gasteiger partial charge in [-0.3, -0.25) is 28.8 Å². The van der Waals surface area contributed by atoms with Crippen molar-refractivity contribution in [3.63, 3.8) is 0 Å². The number of alkyl halides is 3. The summed E-state index contributed by atoms with van der Waals surface area (Å²) in [4.78, 5) is 32.2. The zero-order valence-electron chi connectivity index (χ0n) is 14.5. The van der Waals surface area contributed by atoms with Crippen LogP contribution in [0.5, 0.6) is 5.88 Å². The monoisotopic (exact) mass is 412 g/mol. The van der Waals surface area contributed by atoms with E-state index in [9.17, 15) is 36.0 Å². The minimum Gasteiger partial charge on any atom is -0.354 e. The average Bonchev–Trinajstić information content (AvgIpc) is 3.00. The van der Waals surface area contributed by atoms with Gasteiger partial charge in [0, 0.05) is 40.1 Å². The van der Waals surface area contributed by atoms with Gasteiger partial charge in [0.05, 0.1) is 0 Å². The number of carbonyl (C=O) groups excluding carboxylic acids is 2. The van der Waals surface area contributed by atoms with E-state index < -0.39 is 27.3 Å². The molecule has 150 valence electrons. The molecule has 27 heavy (non-hydrogen) atoms. The Hall–Kier alpha value is -2.90. The Bertz CT molecular complexity index is 1020. The van der Waals surface area contributed by atoms with Gasteiger partial charge in [-0.1, -0.05) is 0 Å². The Balaban J connectivity index is 0.000000309. The van der Waals surface area contributed by atoms with Crippen LogP contribution in [0.3, 0.4) is 0 Å². The lowest BCUT2D eigenvalue weighted by Crippen LogP contribution is -2.28. The highest BCUT2D eigenvalue weighted by Crippen LogP contribution is 2.26. The molecule has 0 saturated carbocycles. The molecule has 0 unspecified atom stereocenters. The molecular weight excluding hydrogens is 397 g/mol. The van der Waals surface area contributed by atoms with Gasteiger partial charge >= 0.3 is 15.6 Å². The molecule has 0 spiro atoms. The number of ketones is 2.